The maximum Gasteiger partial charge on any atom is 0.256 e. The van der Waals surface area contributed by atoms with E-state index >= 15 is 0 Å². The lowest BCUT2D eigenvalue weighted by Crippen LogP contribution is -2.39. The lowest BCUT2D eigenvalue weighted by molar-refractivity contribution is 0.0934. The van der Waals surface area contributed by atoms with Crippen molar-refractivity contribution in [1.82, 2.24) is 10.2 Å². The van der Waals surface area contributed by atoms with Gasteiger partial charge in [-0.2, -0.15) is 0 Å². The Bertz CT molecular complexity index is 796. The van der Waals surface area contributed by atoms with E-state index in [9.17, 15) is 4.79 Å². The third-order valence-electron chi connectivity index (χ3n) is 5.09. The van der Waals surface area contributed by atoms with Gasteiger partial charge in [0.1, 0.15) is 11.2 Å². The first-order chi connectivity index (χ1) is 11.5. The molecule has 2 N–H and O–H groups in total. The van der Waals surface area contributed by atoms with Crippen molar-refractivity contribution in [1.29, 1.82) is 0 Å². The molecule has 0 bridgehead atoms. The maximum absolute atomic E-state index is 12.8. The number of fused-ring (bicyclic) bond motifs is 3. The molecule has 0 unspecified atom stereocenters. The van der Waals surface area contributed by atoms with E-state index in [-0.39, 0.29) is 12.1 Å². The van der Waals surface area contributed by atoms with Crippen molar-refractivity contribution in [3.8, 4) is 0 Å². The van der Waals surface area contributed by atoms with Gasteiger partial charge in [-0.05, 0) is 43.9 Å². The number of carbonyl (C=O) groups is 1. The molecule has 0 aliphatic carbocycles. The number of benzene rings is 1. The number of nitrogens with one attached hydrogen (secondary N) is 2. The molecule has 5 heteroatoms. The van der Waals surface area contributed by atoms with Crippen LogP contribution in [0, 0.1) is 6.92 Å². The van der Waals surface area contributed by atoms with E-state index in [0.29, 0.717) is 6.04 Å². The first-order valence-electron chi connectivity index (χ1n) is 8.56. The fourth-order valence-corrected chi connectivity index (χ4v) is 4.94. The molecule has 2 aliphatic rings. The normalized spacial score (nSPS) is 20.3. The Morgan fingerprint density at radius 2 is 2.04 bits per heavy atom. The number of thiophene rings is 1. The molecule has 2 aliphatic heterocycles. The van der Waals surface area contributed by atoms with Gasteiger partial charge >= 0.3 is 0 Å². The summed E-state index contributed by atoms with van der Waals surface area (Å²) in [6.45, 7) is 8.53. The van der Waals surface area contributed by atoms with Gasteiger partial charge in [0.25, 0.3) is 5.91 Å². The molecule has 3 heterocycles. The second kappa shape index (κ2) is 5.90. The topological polar surface area (TPSA) is 44.4 Å². The minimum Gasteiger partial charge on any atom is -0.353 e. The lowest BCUT2D eigenvalue weighted by atomic mass is 9.99. The van der Waals surface area contributed by atoms with Crippen molar-refractivity contribution in [2.45, 2.75) is 45.9 Å². The predicted octanol–water partition coefficient (Wildman–Crippen LogP) is 3.68. The molecule has 4 nitrogen and oxygen atoms in total. The van der Waals surface area contributed by atoms with Gasteiger partial charge < -0.3 is 10.6 Å². The SMILES string of the molecule is Cc1ccccc1[C@@H]1NC(=O)c2c(sc3c2CCN(C(C)C)C3)N1. The van der Waals surface area contributed by atoms with Gasteiger partial charge in [0.05, 0.1) is 5.56 Å². The van der Waals surface area contributed by atoms with E-state index in [1.807, 2.05) is 12.1 Å². The molecule has 0 saturated carbocycles. The molecule has 0 saturated heterocycles. The van der Waals surface area contributed by atoms with Crippen LogP contribution in [0.3, 0.4) is 0 Å². The van der Waals surface area contributed by atoms with Crippen molar-refractivity contribution in [2.24, 2.45) is 0 Å². The molecule has 0 spiro atoms. The number of aryl methyl sites for hydroxylation is 1. The summed E-state index contributed by atoms with van der Waals surface area (Å²) in [6, 6.07) is 8.74. The number of hydrogen-bond acceptors (Lipinski definition) is 4. The molecular formula is C19H23N3OS. The molecule has 1 aromatic carbocycles. The van der Waals surface area contributed by atoms with Crippen LogP contribution in [0.2, 0.25) is 0 Å². The molecular weight excluding hydrogens is 318 g/mol. The Morgan fingerprint density at radius 3 is 2.79 bits per heavy atom. The Balaban J connectivity index is 1.68. The molecule has 1 amide bonds. The van der Waals surface area contributed by atoms with E-state index in [1.54, 1.807) is 11.3 Å². The number of carbonyl (C=O) groups excluding carboxylic acids is 1. The minimum absolute atomic E-state index is 0.0625. The number of nitrogens with zero attached hydrogens (tertiary/aromatic N) is 1. The molecule has 2 aromatic rings. The third-order valence-corrected chi connectivity index (χ3v) is 6.24. The van der Waals surface area contributed by atoms with Crippen LogP contribution in [0.4, 0.5) is 5.00 Å². The first-order valence-corrected chi connectivity index (χ1v) is 9.37. The zero-order chi connectivity index (χ0) is 16.8. The summed E-state index contributed by atoms with van der Waals surface area (Å²) in [5.41, 5.74) is 4.45. The van der Waals surface area contributed by atoms with E-state index < -0.39 is 0 Å². The fourth-order valence-electron chi connectivity index (χ4n) is 3.64. The van der Waals surface area contributed by atoms with Gasteiger partial charge in [0.2, 0.25) is 0 Å². The zero-order valence-electron chi connectivity index (χ0n) is 14.3. The highest BCUT2D eigenvalue weighted by Gasteiger charge is 2.33. The highest BCUT2D eigenvalue weighted by Crippen LogP contribution is 2.41. The first kappa shape index (κ1) is 15.7. The van der Waals surface area contributed by atoms with E-state index in [0.717, 1.165) is 35.6 Å². The standard InChI is InChI=1S/C19H23N3OS/c1-11(2)22-9-8-14-15(10-22)24-19-16(14)18(23)20-17(21-19)13-7-5-4-6-12(13)3/h4-7,11,17,21H,8-10H2,1-3H3,(H,20,23)/t17-/m1/s1. The molecule has 0 radical (unpaired) electrons. The van der Waals surface area contributed by atoms with Crippen molar-refractivity contribution >= 4 is 22.2 Å². The molecule has 1 atom stereocenters. The van der Waals surface area contributed by atoms with Gasteiger partial charge in [-0.25, -0.2) is 0 Å². The highest BCUT2D eigenvalue weighted by atomic mass is 32.1. The molecule has 24 heavy (non-hydrogen) atoms. The Hall–Kier alpha value is -1.85. The van der Waals surface area contributed by atoms with Crippen molar-refractivity contribution in [2.75, 3.05) is 11.9 Å². The highest BCUT2D eigenvalue weighted by molar-refractivity contribution is 7.16. The Kier molecular flexibility index (Phi) is 3.85. The van der Waals surface area contributed by atoms with Crippen LogP contribution in [0.15, 0.2) is 24.3 Å². The van der Waals surface area contributed by atoms with E-state index in [1.165, 1.54) is 16.0 Å². The van der Waals surface area contributed by atoms with Crippen LogP contribution in [-0.4, -0.2) is 23.4 Å². The van der Waals surface area contributed by atoms with Crippen LogP contribution in [-0.2, 0) is 13.0 Å². The number of rotatable bonds is 2. The summed E-state index contributed by atoms with van der Waals surface area (Å²) in [5.74, 6) is 0.0625. The molecule has 126 valence electrons. The van der Waals surface area contributed by atoms with Gasteiger partial charge in [-0.15, -0.1) is 11.3 Å². The fraction of sp³-hybridized carbons (Fsp3) is 0.421. The van der Waals surface area contributed by atoms with Crippen molar-refractivity contribution < 1.29 is 4.79 Å². The van der Waals surface area contributed by atoms with Crippen LogP contribution in [0.25, 0.3) is 0 Å². The molecule has 4 rings (SSSR count). The van der Waals surface area contributed by atoms with Gasteiger partial charge in [-0.1, -0.05) is 24.3 Å². The largest absolute Gasteiger partial charge is 0.353 e. The lowest BCUT2D eigenvalue weighted by Gasteiger charge is -2.31. The summed E-state index contributed by atoms with van der Waals surface area (Å²) >= 11 is 1.75. The third kappa shape index (κ3) is 2.52. The van der Waals surface area contributed by atoms with Gasteiger partial charge in [0.15, 0.2) is 0 Å². The predicted molar refractivity (Wildman–Crippen MR) is 98.6 cm³/mol. The van der Waals surface area contributed by atoms with Gasteiger partial charge in [-0.3, -0.25) is 9.69 Å². The quantitative estimate of drug-likeness (QED) is 0.876. The minimum atomic E-state index is -0.146. The summed E-state index contributed by atoms with van der Waals surface area (Å²) in [5, 5.41) is 7.73. The summed E-state index contributed by atoms with van der Waals surface area (Å²) < 4.78 is 0. The second-order valence-electron chi connectivity index (χ2n) is 6.93. The number of anilines is 1. The number of amides is 1. The molecule has 1 aromatic heterocycles. The summed E-state index contributed by atoms with van der Waals surface area (Å²) in [4.78, 5) is 16.6. The monoisotopic (exact) mass is 341 g/mol. The van der Waals surface area contributed by atoms with E-state index in [4.69, 9.17) is 0 Å². The van der Waals surface area contributed by atoms with Crippen LogP contribution in [0.1, 0.15) is 51.9 Å². The van der Waals surface area contributed by atoms with Crippen LogP contribution >= 0.6 is 11.3 Å². The second-order valence-corrected chi connectivity index (χ2v) is 8.03. The van der Waals surface area contributed by atoms with E-state index in [2.05, 4.69) is 48.4 Å². The molecule has 0 fully saturated rings. The Morgan fingerprint density at radius 1 is 1.25 bits per heavy atom. The van der Waals surface area contributed by atoms with Crippen molar-refractivity contribution in [3.05, 3.63) is 51.4 Å². The van der Waals surface area contributed by atoms with Crippen LogP contribution in [0.5, 0.6) is 0 Å². The average molecular weight is 341 g/mol. The summed E-state index contributed by atoms with van der Waals surface area (Å²) in [6.07, 6.45) is 0.816. The zero-order valence-corrected chi connectivity index (χ0v) is 15.2. The average Bonchev–Trinajstić information content (AvgIpc) is 2.92. The Labute approximate surface area is 146 Å². The van der Waals surface area contributed by atoms with Gasteiger partial charge in [0, 0.05) is 24.0 Å². The maximum atomic E-state index is 12.8. The summed E-state index contributed by atoms with van der Waals surface area (Å²) in [7, 11) is 0. The van der Waals surface area contributed by atoms with Crippen LogP contribution < -0.4 is 10.6 Å². The van der Waals surface area contributed by atoms with Crippen molar-refractivity contribution in [3.63, 3.8) is 0 Å². The number of hydrogen-bond donors (Lipinski definition) is 2. The smallest absolute Gasteiger partial charge is 0.256 e.